The van der Waals surface area contributed by atoms with E-state index in [9.17, 15) is 9.59 Å². The maximum absolute atomic E-state index is 11.8. The number of amides is 1. The van der Waals surface area contributed by atoms with E-state index in [-0.39, 0.29) is 17.8 Å². The molecule has 2 rings (SSSR count). The van der Waals surface area contributed by atoms with Crippen LogP contribution in [0.25, 0.3) is 0 Å². The minimum atomic E-state index is -0.440. The third-order valence-electron chi connectivity index (χ3n) is 4.32. The molecule has 2 atom stereocenters. The number of methoxy groups -OCH3 is 1. The summed E-state index contributed by atoms with van der Waals surface area (Å²) in [6.45, 7) is 3.95. The lowest BCUT2D eigenvalue weighted by Crippen LogP contribution is -2.40. The molecule has 0 spiro atoms. The average molecular weight is 332 g/mol. The molecule has 1 fully saturated rings. The Morgan fingerprint density at radius 3 is 2.54 bits per heavy atom. The molecule has 1 aromatic carbocycles. The van der Waals surface area contributed by atoms with Gasteiger partial charge in [0.15, 0.2) is 5.96 Å². The Balaban J connectivity index is 1.95. The molecular weight excluding hydrogens is 308 g/mol. The molecule has 1 aromatic rings. The number of nitrogens with one attached hydrogen (secondary N) is 1. The summed E-state index contributed by atoms with van der Waals surface area (Å²) in [7, 11) is 3.13. The number of hydrogen-bond donors (Lipinski definition) is 2. The summed E-state index contributed by atoms with van der Waals surface area (Å²) in [5.74, 6) is 0.203. The lowest BCUT2D eigenvalue weighted by Gasteiger charge is -2.21. The van der Waals surface area contributed by atoms with Gasteiger partial charge >= 0.3 is 5.97 Å². The molecular formula is C17H24N4O3. The lowest BCUT2D eigenvalue weighted by atomic mass is 9.99. The number of ether oxygens (including phenoxy) is 1. The molecule has 3 N–H and O–H groups in total. The maximum Gasteiger partial charge on any atom is 0.310 e. The molecule has 2 unspecified atom stereocenters. The third kappa shape index (κ3) is 4.04. The van der Waals surface area contributed by atoms with Gasteiger partial charge in [0.05, 0.1) is 13.0 Å². The number of carbonyl (C=O) groups excluding carboxylic acids is 2. The number of guanidine groups is 1. The third-order valence-corrected chi connectivity index (χ3v) is 4.32. The first-order valence-corrected chi connectivity index (χ1v) is 7.88. The molecule has 1 heterocycles. The van der Waals surface area contributed by atoms with Gasteiger partial charge in [-0.2, -0.15) is 0 Å². The van der Waals surface area contributed by atoms with Crippen LogP contribution in [0.5, 0.6) is 0 Å². The summed E-state index contributed by atoms with van der Waals surface area (Å²) >= 11 is 0. The van der Waals surface area contributed by atoms with Crippen molar-refractivity contribution >= 4 is 17.8 Å². The zero-order chi connectivity index (χ0) is 17.7. The first kappa shape index (κ1) is 17.8. The van der Waals surface area contributed by atoms with Crippen LogP contribution in [0.3, 0.4) is 0 Å². The minimum Gasteiger partial charge on any atom is -0.469 e. The summed E-state index contributed by atoms with van der Waals surface area (Å²) in [5, 5.41) is 3.28. The van der Waals surface area contributed by atoms with Crippen molar-refractivity contribution in [3.05, 3.63) is 35.4 Å². The minimum absolute atomic E-state index is 0.136. The van der Waals surface area contributed by atoms with E-state index in [1.807, 2.05) is 19.1 Å². The van der Waals surface area contributed by atoms with Gasteiger partial charge in [-0.1, -0.05) is 19.1 Å². The number of hydrogen-bond acceptors (Lipinski definition) is 4. The van der Waals surface area contributed by atoms with Crippen LogP contribution in [0, 0.1) is 11.8 Å². The van der Waals surface area contributed by atoms with Crippen LogP contribution >= 0.6 is 0 Å². The lowest BCUT2D eigenvalue weighted by molar-refractivity contribution is -0.145. The standard InChI is InChI=1S/C17H24N4O3/c1-11-9-21(10-14(11)16(23)24-3)17(19-2)20-8-12-4-6-13(7-5-12)15(18)22/h4-7,11,14H,8-10H2,1-3H3,(H2,18,22)(H,19,20). The second kappa shape index (κ2) is 7.81. The van der Waals surface area contributed by atoms with Gasteiger partial charge in [-0.25, -0.2) is 0 Å². The van der Waals surface area contributed by atoms with Crippen molar-refractivity contribution < 1.29 is 14.3 Å². The average Bonchev–Trinajstić information content (AvgIpc) is 2.96. The van der Waals surface area contributed by atoms with Gasteiger partial charge < -0.3 is 20.7 Å². The molecule has 1 aliphatic rings. The predicted molar refractivity (Wildman–Crippen MR) is 91.4 cm³/mol. The van der Waals surface area contributed by atoms with Crippen LogP contribution < -0.4 is 11.1 Å². The van der Waals surface area contributed by atoms with E-state index in [1.54, 1.807) is 19.2 Å². The van der Waals surface area contributed by atoms with E-state index in [0.717, 1.165) is 18.1 Å². The highest BCUT2D eigenvalue weighted by Crippen LogP contribution is 2.24. The summed E-state index contributed by atoms with van der Waals surface area (Å²) in [4.78, 5) is 29.2. The Morgan fingerprint density at radius 1 is 1.33 bits per heavy atom. The molecule has 0 aliphatic carbocycles. The number of benzene rings is 1. The molecule has 1 amide bonds. The van der Waals surface area contributed by atoms with Gasteiger partial charge in [-0.15, -0.1) is 0 Å². The van der Waals surface area contributed by atoms with Gasteiger partial charge in [0.25, 0.3) is 0 Å². The highest BCUT2D eigenvalue weighted by Gasteiger charge is 2.36. The molecule has 7 nitrogen and oxygen atoms in total. The number of nitrogens with zero attached hydrogens (tertiary/aromatic N) is 2. The van der Waals surface area contributed by atoms with E-state index in [2.05, 4.69) is 15.2 Å². The monoisotopic (exact) mass is 332 g/mol. The fraction of sp³-hybridized carbons (Fsp3) is 0.471. The van der Waals surface area contributed by atoms with Gasteiger partial charge in [0.1, 0.15) is 0 Å². The van der Waals surface area contributed by atoms with Crippen molar-refractivity contribution in [1.29, 1.82) is 0 Å². The summed E-state index contributed by atoms with van der Waals surface area (Å²) in [6, 6.07) is 7.11. The molecule has 0 saturated carbocycles. The molecule has 1 saturated heterocycles. The normalized spacial score (nSPS) is 20.8. The van der Waals surface area contributed by atoms with E-state index in [0.29, 0.717) is 18.7 Å². The maximum atomic E-state index is 11.8. The number of carbonyl (C=O) groups is 2. The van der Waals surface area contributed by atoms with Gasteiger partial charge in [0, 0.05) is 32.2 Å². The summed E-state index contributed by atoms with van der Waals surface area (Å²) < 4.78 is 4.86. The zero-order valence-corrected chi connectivity index (χ0v) is 14.3. The number of rotatable bonds is 4. The van der Waals surface area contributed by atoms with Crippen LogP contribution in [0.2, 0.25) is 0 Å². The summed E-state index contributed by atoms with van der Waals surface area (Å²) in [5.41, 5.74) is 6.73. The molecule has 130 valence electrons. The fourth-order valence-electron chi connectivity index (χ4n) is 2.90. The molecule has 24 heavy (non-hydrogen) atoms. The highest BCUT2D eigenvalue weighted by atomic mass is 16.5. The van der Waals surface area contributed by atoms with Crippen LogP contribution in [0.4, 0.5) is 0 Å². The first-order chi connectivity index (χ1) is 11.5. The van der Waals surface area contributed by atoms with Crippen LogP contribution in [0.15, 0.2) is 29.3 Å². The van der Waals surface area contributed by atoms with Gasteiger partial charge in [0.2, 0.25) is 5.91 Å². The van der Waals surface area contributed by atoms with Crippen molar-refractivity contribution in [2.75, 3.05) is 27.2 Å². The van der Waals surface area contributed by atoms with Gasteiger partial charge in [-0.3, -0.25) is 14.6 Å². The zero-order valence-electron chi connectivity index (χ0n) is 14.3. The topological polar surface area (TPSA) is 97.0 Å². The second-order valence-corrected chi connectivity index (χ2v) is 5.97. The Kier molecular flexibility index (Phi) is 5.78. The van der Waals surface area contributed by atoms with Crippen molar-refractivity contribution in [2.24, 2.45) is 22.6 Å². The Labute approximate surface area is 141 Å². The largest absolute Gasteiger partial charge is 0.469 e. The number of esters is 1. The smallest absolute Gasteiger partial charge is 0.310 e. The summed E-state index contributed by atoms with van der Waals surface area (Å²) in [6.07, 6.45) is 0. The molecule has 1 aliphatic heterocycles. The Hall–Kier alpha value is -2.57. The quantitative estimate of drug-likeness (QED) is 0.478. The molecule has 0 aromatic heterocycles. The highest BCUT2D eigenvalue weighted by molar-refractivity contribution is 5.92. The second-order valence-electron chi connectivity index (χ2n) is 5.97. The van der Waals surface area contributed by atoms with Crippen LogP contribution in [-0.4, -0.2) is 50.0 Å². The van der Waals surface area contributed by atoms with E-state index >= 15 is 0 Å². The van der Waals surface area contributed by atoms with Crippen molar-refractivity contribution in [1.82, 2.24) is 10.2 Å². The number of aliphatic imine (C=N–C) groups is 1. The molecule has 0 bridgehead atoms. The van der Waals surface area contributed by atoms with E-state index in [1.165, 1.54) is 7.11 Å². The number of primary amides is 1. The number of likely N-dealkylation sites (tertiary alicyclic amines) is 1. The van der Waals surface area contributed by atoms with Crippen molar-refractivity contribution in [3.8, 4) is 0 Å². The van der Waals surface area contributed by atoms with E-state index < -0.39 is 5.91 Å². The number of nitrogens with two attached hydrogens (primary N) is 1. The fourth-order valence-corrected chi connectivity index (χ4v) is 2.90. The molecule has 7 heteroatoms. The van der Waals surface area contributed by atoms with Crippen LogP contribution in [0.1, 0.15) is 22.8 Å². The first-order valence-electron chi connectivity index (χ1n) is 7.88. The Morgan fingerprint density at radius 2 is 2.00 bits per heavy atom. The molecule has 0 radical (unpaired) electrons. The van der Waals surface area contributed by atoms with Crippen molar-refractivity contribution in [2.45, 2.75) is 13.5 Å². The van der Waals surface area contributed by atoms with E-state index in [4.69, 9.17) is 10.5 Å². The van der Waals surface area contributed by atoms with Crippen LogP contribution in [-0.2, 0) is 16.1 Å². The SMILES string of the molecule is CN=C(NCc1ccc(C(N)=O)cc1)N1CC(C)C(C(=O)OC)C1. The predicted octanol–water partition coefficient (Wildman–Crippen LogP) is 0.602. The van der Waals surface area contributed by atoms with Gasteiger partial charge in [-0.05, 0) is 23.6 Å². The Bertz CT molecular complexity index is 627. The van der Waals surface area contributed by atoms with Crippen molar-refractivity contribution in [3.63, 3.8) is 0 Å².